The van der Waals surface area contributed by atoms with E-state index in [-0.39, 0.29) is 0 Å². The maximum absolute atomic E-state index is 5.40. The zero-order valence-electron chi connectivity index (χ0n) is 33.4. The molecule has 0 aliphatic heterocycles. The predicted molar refractivity (Wildman–Crippen MR) is 264 cm³/mol. The van der Waals surface area contributed by atoms with Crippen molar-refractivity contribution in [3.8, 4) is 78.7 Å². The molecule has 0 aliphatic rings. The van der Waals surface area contributed by atoms with E-state index < -0.39 is 0 Å². The smallest absolute Gasteiger partial charge is 0.164 e. The molecule has 12 aromatic rings. The lowest BCUT2D eigenvalue weighted by Crippen LogP contribution is -2.01. The minimum atomic E-state index is 0.620. The van der Waals surface area contributed by atoms with Gasteiger partial charge < -0.3 is 0 Å². The van der Waals surface area contributed by atoms with Crippen LogP contribution in [0.2, 0.25) is 0 Å². The van der Waals surface area contributed by atoms with Gasteiger partial charge >= 0.3 is 0 Å². The van der Waals surface area contributed by atoms with E-state index >= 15 is 0 Å². The van der Waals surface area contributed by atoms with Crippen molar-refractivity contribution in [1.29, 1.82) is 0 Å². The summed E-state index contributed by atoms with van der Waals surface area (Å²) in [6.45, 7) is 0. The highest BCUT2D eigenvalue weighted by Crippen LogP contribution is 2.45. The van der Waals surface area contributed by atoms with Crippen molar-refractivity contribution in [2.24, 2.45) is 0 Å². The van der Waals surface area contributed by atoms with Crippen LogP contribution >= 0.6 is 22.7 Å². The Kier molecular flexibility index (Phi) is 8.87. The van der Waals surface area contributed by atoms with Crippen LogP contribution in [0.4, 0.5) is 0 Å². The van der Waals surface area contributed by atoms with Crippen molar-refractivity contribution in [1.82, 2.24) is 15.0 Å². The van der Waals surface area contributed by atoms with Crippen molar-refractivity contribution < 1.29 is 0 Å². The normalized spacial score (nSPS) is 11.5. The van der Waals surface area contributed by atoms with Gasteiger partial charge in [-0.25, -0.2) is 15.0 Å². The van der Waals surface area contributed by atoms with E-state index in [2.05, 4.69) is 200 Å². The van der Waals surface area contributed by atoms with Crippen molar-refractivity contribution in [2.45, 2.75) is 0 Å². The van der Waals surface area contributed by atoms with E-state index in [1.807, 2.05) is 34.8 Å². The summed E-state index contributed by atoms with van der Waals surface area (Å²) >= 11 is 3.70. The predicted octanol–water partition coefficient (Wildman–Crippen LogP) is 16.3. The number of benzene rings is 9. The summed E-state index contributed by atoms with van der Waals surface area (Å²) in [6, 6.07) is 75.7. The molecule has 0 unspecified atom stereocenters. The molecular weight excluding hydrogens is 791 g/mol. The van der Waals surface area contributed by atoms with Crippen LogP contribution in [0.15, 0.2) is 212 Å². The van der Waals surface area contributed by atoms with Crippen molar-refractivity contribution in [3.05, 3.63) is 212 Å². The van der Waals surface area contributed by atoms with E-state index in [1.54, 1.807) is 0 Å². The second-order valence-electron chi connectivity index (χ2n) is 15.5. The average molecular weight is 826 g/mol. The Hall–Kier alpha value is -7.57. The largest absolute Gasteiger partial charge is 0.208 e. The molecule has 0 saturated carbocycles. The molecule has 3 aromatic heterocycles. The van der Waals surface area contributed by atoms with Gasteiger partial charge in [0.2, 0.25) is 0 Å². The Labute approximate surface area is 366 Å². The number of fused-ring (bicyclic) bond motifs is 6. The summed E-state index contributed by atoms with van der Waals surface area (Å²) in [6.07, 6.45) is 0. The van der Waals surface area contributed by atoms with E-state index in [1.165, 1.54) is 57.0 Å². The van der Waals surface area contributed by atoms with Crippen LogP contribution in [0.1, 0.15) is 0 Å². The van der Waals surface area contributed by atoms with Gasteiger partial charge in [-0.3, -0.25) is 0 Å². The lowest BCUT2D eigenvalue weighted by Gasteiger charge is -2.14. The van der Waals surface area contributed by atoms with Gasteiger partial charge in [-0.2, -0.15) is 0 Å². The Bertz CT molecular complexity index is 3490. The molecule has 62 heavy (non-hydrogen) atoms. The van der Waals surface area contributed by atoms with Gasteiger partial charge in [0.15, 0.2) is 17.5 Å². The minimum absolute atomic E-state index is 0.620. The van der Waals surface area contributed by atoms with Gasteiger partial charge in [0.25, 0.3) is 0 Å². The molecule has 0 radical (unpaired) electrons. The first-order valence-corrected chi connectivity index (χ1v) is 22.4. The first-order valence-electron chi connectivity index (χ1n) is 20.8. The zero-order valence-corrected chi connectivity index (χ0v) is 35.0. The lowest BCUT2D eigenvalue weighted by atomic mass is 9.94. The molecule has 0 fully saturated rings. The van der Waals surface area contributed by atoms with Crippen LogP contribution in [0.25, 0.3) is 119 Å². The Morgan fingerprint density at radius 3 is 1.24 bits per heavy atom. The molecule has 0 aliphatic carbocycles. The minimum Gasteiger partial charge on any atom is -0.208 e. The summed E-state index contributed by atoms with van der Waals surface area (Å²) in [5.74, 6) is 1.87. The standard InChI is InChI=1S/C57H35N3S2/c1-3-15-36(16-4-1)37-29-31-39(32-30-37)55-58-56(60-57(59-55)50-22-8-7-19-43(50)38-17-5-2-6-18-38)42-34-40(44-23-13-25-48-46-20-9-11-27-51(46)61-53(44)48)33-41(35-42)45-24-14-26-49-47-21-10-12-28-52(47)62-54(45)49/h1-35H. The first-order chi connectivity index (χ1) is 30.7. The quantitative estimate of drug-likeness (QED) is 0.161. The molecule has 3 heterocycles. The van der Waals surface area contributed by atoms with Crippen molar-refractivity contribution in [2.75, 3.05) is 0 Å². The summed E-state index contributed by atoms with van der Waals surface area (Å²) in [4.78, 5) is 16.0. The molecule has 5 heteroatoms. The number of hydrogen-bond donors (Lipinski definition) is 0. The maximum atomic E-state index is 5.40. The maximum Gasteiger partial charge on any atom is 0.164 e. The van der Waals surface area contributed by atoms with E-state index in [9.17, 15) is 0 Å². The second kappa shape index (κ2) is 15.2. The molecule has 0 spiro atoms. The fraction of sp³-hybridized carbons (Fsp3) is 0. The SMILES string of the molecule is c1ccc(-c2ccc(-c3nc(-c4cc(-c5cccc6c5sc5ccccc56)cc(-c5cccc6c5sc5ccccc56)c4)nc(-c4ccccc4-c4ccccc4)n3)cc2)cc1. The molecule has 0 atom stereocenters. The topological polar surface area (TPSA) is 38.7 Å². The van der Waals surface area contributed by atoms with E-state index in [4.69, 9.17) is 15.0 Å². The molecular formula is C57H35N3S2. The van der Waals surface area contributed by atoms with Gasteiger partial charge in [-0.15, -0.1) is 22.7 Å². The third-order valence-electron chi connectivity index (χ3n) is 11.8. The second-order valence-corrected chi connectivity index (χ2v) is 17.6. The Morgan fingerprint density at radius 1 is 0.242 bits per heavy atom. The third kappa shape index (κ3) is 6.38. The molecule has 0 saturated heterocycles. The number of hydrogen-bond acceptors (Lipinski definition) is 5. The number of thiophene rings is 2. The Morgan fingerprint density at radius 2 is 0.645 bits per heavy atom. The Balaban J connectivity index is 1.11. The molecule has 0 amide bonds. The monoisotopic (exact) mass is 825 g/mol. The number of aromatic nitrogens is 3. The van der Waals surface area contributed by atoms with Crippen LogP contribution in [-0.4, -0.2) is 15.0 Å². The van der Waals surface area contributed by atoms with Gasteiger partial charge in [0.1, 0.15) is 0 Å². The highest BCUT2D eigenvalue weighted by molar-refractivity contribution is 7.26. The third-order valence-corrected chi connectivity index (χ3v) is 14.2. The lowest BCUT2D eigenvalue weighted by molar-refractivity contribution is 1.07. The van der Waals surface area contributed by atoms with E-state index in [0.717, 1.165) is 44.5 Å². The van der Waals surface area contributed by atoms with Gasteiger partial charge in [-0.1, -0.05) is 182 Å². The van der Waals surface area contributed by atoms with Crippen molar-refractivity contribution in [3.63, 3.8) is 0 Å². The molecule has 9 aromatic carbocycles. The summed E-state index contributed by atoms with van der Waals surface area (Å²) in [5.41, 5.74) is 11.9. The molecule has 290 valence electrons. The fourth-order valence-electron chi connectivity index (χ4n) is 8.76. The molecule has 0 bridgehead atoms. The van der Waals surface area contributed by atoms with Gasteiger partial charge in [0, 0.05) is 57.0 Å². The summed E-state index contributed by atoms with van der Waals surface area (Å²) in [5, 5.41) is 5.09. The molecule has 0 N–H and O–H groups in total. The summed E-state index contributed by atoms with van der Waals surface area (Å²) in [7, 11) is 0. The highest BCUT2D eigenvalue weighted by Gasteiger charge is 2.20. The average Bonchev–Trinajstić information content (AvgIpc) is 3.93. The van der Waals surface area contributed by atoms with E-state index in [0.29, 0.717) is 17.5 Å². The fourth-order valence-corrected chi connectivity index (χ4v) is 11.2. The van der Waals surface area contributed by atoms with Gasteiger partial charge in [-0.05, 0) is 74.8 Å². The van der Waals surface area contributed by atoms with Crippen LogP contribution < -0.4 is 0 Å². The highest BCUT2D eigenvalue weighted by atomic mass is 32.1. The molecule has 3 nitrogen and oxygen atoms in total. The van der Waals surface area contributed by atoms with Crippen LogP contribution in [0.3, 0.4) is 0 Å². The number of nitrogens with zero attached hydrogens (tertiary/aromatic N) is 3. The molecule has 12 rings (SSSR count). The van der Waals surface area contributed by atoms with Crippen LogP contribution in [0.5, 0.6) is 0 Å². The first kappa shape index (κ1) is 36.3. The number of rotatable bonds is 7. The zero-order chi connectivity index (χ0) is 41.0. The summed E-state index contributed by atoms with van der Waals surface area (Å²) < 4.78 is 5.10. The van der Waals surface area contributed by atoms with Gasteiger partial charge in [0.05, 0.1) is 0 Å². The van der Waals surface area contributed by atoms with Crippen LogP contribution in [-0.2, 0) is 0 Å². The van der Waals surface area contributed by atoms with Crippen LogP contribution in [0, 0.1) is 0 Å². The van der Waals surface area contributed by atoms with Crippen molar-refractivity contribution >= 4 is 63.0 Å².